The van der Waals surface area contributed by atoms with Crippen LogP contribution in [-0.4, -0.2) is 22.0 Å². The first-order chi connectivity index (χ1) is 9.54. The van der Waals surface area contributed by atoms with Crippen molar-refractivity contribution in [1.82, 2.24) is 4.98 Å². The molecule has 1 amide bonds. The molecular weight excluding hydrogens is 263 g/mol. The Balaban J connectivity index is 2.04. The number of hydrogen-bond donors (Lipinski definition) is 2. The zero-order chi connectivity index (χ0) is 14.5. The van der Waals surface area contributed by atoms with Crippen LogP contribution >= 0.6 is 0 Å². The van der Waals surface area contributed by atoms with Gasteiger partial charge in [0.05, 0.1) is 6.42 Å². The van der Waals surface area contributed by atoms with Gasteiger partial charge in [0.2, 0.25) is 5.91 Å². The van der Waals surface area contributed by atoms with E-state index in [0.717, 1.165) is 0 Å². The minimum atomic E-state index is -1.17. The number of anilines is 1. The van der Waals surface area contributed by atoms with E-state index in [4.69, 9.17) is 5.11 Å². The van der Waals surface area contributed by atoms with Crippen LogP contribution in [0.25, 0.3) is 0 Å². The van der Waals surface area contributed by atoms with Crippen LogP contribution < -0.4 is 5.32 Å². The summed E-state index contributed by atoms with van der Waals surface area (Å²) in [5, 5.41) is 11.3. The van der Waals surface area contributed by atoms with E-state index in [1.807, 2.05) is 0 Å². The summed E-state index contributed by atoms with van der Waals surface area (Å²) in [7, 11) is 0. The second kappa shape index (κ2) is 5.92. The number of rotatable bonds is 4. The molecule has 0 aliphatic rings. The lowest BCUT2D eigenvalue weighted by molar-refractivity contribution is -0.115. The molecule has 102 valence electrons. The van der Waals surface area contributed by atoms with E-state index >= 15 is 0 Å². The lowest BCUT2D eigenvalue weighted by Crippen LogP contribution is -2.16. The Kier molecular flexibility index (Phi) is 4.05. The molecule has 0 spiro atoms. The number of carbonyl (C=O) groups is 2. The molecule has 0 aliphatic heterocycles. The molecule has 1 aromatic carbocycles. The number of benzene rings is 1. The number of aromatic carboxylic acids is 1. The zero-order valence-corrected chi connectivity index (χ0v) is 10.3. The highest BCUT2D eigenvalue weighted by Crippen LogP contribution is 2.08. The number of carboxylic acid groups (broad SMARTS) is 1. The molecule has 2 N–H and O–H groups in total. The van der Waals surface area contributed by atoms with E-state index in [1.54, 1.807) is 6.07 Å². The van der Waals surface area contributed by atoms with E-state index < -0.39 is 17.7 Å². The van der Waals surface area contributed by atoms with Crippen molar-refractivity contribution in [2.24, 2.45) is 0 Å². The minimum absolute atomic E-state index is 0.0171. The Morgan fingerprint density at radius 3 is 2.65 bits per heavy atom. The third kappa shape index (κ3) is 3.61. The number of aromatic nitrogens is 1. The normalized spacial score (nSPS) is 10.1. The number of hydrogen-bond acceptors (Lipinski definition) is 3. The highest BCUT2D eigenvalue weighted by Gasteiger charge is 2.08. The molecule has 0 saturated heterocycles. The Morgan fingerprint density at radius 2 is 1.95 bits per heavy atom. The predicted octanol–water partition coefficient (Wildman–Crippen LogP) is 2.10. The van der Waals surface area contributed by atoms with Gasteiger partial charge in [-0.15, -0.1) is 0 Å². The smallest absolute Gasteiger partial charge is 0.354 e. The molecule has 20 heavy (non-hydrogen) atoms. The van der Waals surface area contributed by atoms with Crippen LogP contribution in [0.15, 0.2) is 42.5 Å². The third-order valence-corrected chi connectivity index (χ3v) is 2.49. The highest BCUT2D eigenvalue weighted by molar-refractivity contribution is 5.92. The zero-order valence-electron chi connectivity index (χ0n) is 10.3. The van der Waals surface area contributed by atoms with Crippen LogP contribution in [0.5, 0.6) is 0 Å². The summed E-state index contributed by atoms with van der Waals surface area (Å²) < 4.78 is 13.0. The summed E-state index contributed by atoms with van der Waals surface area (Å²) >= 11 is 0. The summed E-state index contributed by atoms with van der Waals surface area (Å²) in [6.45, 7) is 0. The average Bonchev–Trinajstić information content (AvgIpc) is 2.38. The van der Waals surface area contributed by atoms with Gasteiger partial charge in [-0.25, -0.2) is 14.2 Å². The van der Waals surface area contributed by atoms with Gasteiger partial charge in [0.1, 0.15) is 11.6 Å². The van der Waals surface area contributed by atoms with Crippen LogP contribution in [-0.2, 0) is 11.2 Å². The predicted molar refractivity (Wildman–Crippen MR) is 69.9 cm³/mol. The first-order valence-corrected chi connectivity index (χ1v) is 5.79. The summed E-state index contributed by atoms with van der Waals surface area (Å²) in [6, 6.07) is 9.99. The molecule has 0 fully saturated rings. The fourth-order valence-electron chi connectivity index (χ4n) is 1.64. The second-order valence-electron chi connectivity index (χ2n) is 4.07. The second-order valence-corrected chi connectivity index (χ2v) is 4.07. The number of nitrogens with one attached hydrogen (secondary N) is 1. The van der Waals surface area contributed by atoms with Crippen molar-refractivity contribution in [3.05, 3.63) is 59.5 Å². The van der Waals surface area contributed by atoms with Gasteiger partial charge in [-0.05, 0) is 29.8 Å². The summed E-state index contributed by atoms with van der Waals surface area (Å²) in [6.07, 6.45) is -0.0171. The lowest BCUT2D eigenvalue weighted by Gasteiger charge is -2.05. The molecule has 2 rings (SSSR count). The molecule has 2 aromatic rings. The fraction of sp³-hybridized carbons (Fsp3) is 0.0714. The van der Waals surface area contributed by atoms with Gasteiger partial charge in [-0.2, -0.15) is 0 Å². The Hall–Kier alpha value is -2.76. The quantitative estimate of drug-likeness (QED) is 0.894. The Labute approximate surface area is 114 Å². The van der Waals surface area contributed by atoms with E-state index in [2.05, 4.69) is 10.3 Å². The first kappa shape index (κ1) is 13.7. The topological polar surface area (TPSA) is 79.3 Å². The van der Waals surface area contributed by atoms with Gasteiger partial charge in [-0.3, -0.25) is 4.79 Å². The molecule has 0 unspecified atom stereocenters. The number of carbonyl (C=O) groups excluding carboxylic acids is 1. The standard InChI is InChI=1S/C14H11FN2O3/c15-10-4-1-3-9(7-10)8-13(18)17-12-6-2-5-11(16-12)14(19)20/h1-7H,8H2,(H,19,20)(H,16,17,18). The average molecular weight is 274 g/mol. The van der Waals surface area contributed by atoms with Crippen molar-refractivity contribution in [3.63, 3.8) is 0 Å². The number of amides is 1. The number of pyridine rings is 1. The summed E-state index contributed by atoms with van der Waals surface area (Å²) in [5.41, 5.74) is 0.366. The van der Waals surface area contributed by atoms with Crippen molar-refractivity contribution in [2.45, 2.75) is 6.42 Å². The molecule has 1 aromatic heterocycles. The molecule has 0 radical (unpaired) electrons. The minimum Gasteiger partial charge on any atom is -0.477 e. The maximum Gasteiger partial charge on any atom is 0.354 e. The third-order valence-electron chi connectivity index (χ3n) is 2.49. The molecule has 5 nitrogen and oxygen atoms in total. The van der Waals surface area contributed by atoms with Crippen LogP contribution in [0.4, 0.5) is 10.2 Å². The molecule has 0 atom stereocenters. The van der Waals surface area contributed by atoms with Gasteiger partial charge in [0.15, 0.2) is 5.69 Å². The Bertz CT molecular complexity index is 658. The Morgan fingerprint density at radius 1 is 1.20 bits per heavy atom. The molecule has 0 saturated carbocycles. The van der Waals surface area contributed by atoms with E-state index in [0.29, 0.717) is 5.56 Å². The van der Waals surface area contributed by atoms with Crippen molar-refractivity contribution >= 4 is 17.7 Å². The van der Waals surface area contributed by atoms with Gasteiger partial charge < -0.3 is 10.4 Å². The van der Waals surface area contributed by atoms with E-state index in [9.17, 15) is 14.0 Å². The first-order valence-electron chi connectivity index (χ1n) is 5.79. The van der Waals surface area contributed by atoms with Crippen molar-refractivity contribution in [3.8, 4) is 0 Å². The van der Waals surface area contributed by atoms with Crippen molar-refractivity contribution in [1.29, 1.82) is 0 Å². The SMILES string of the molecule is O=C(Cc1cccc(F)c1)Nc1cccc(C(=O)O)n1. The number of halogens is 1. The maximum atomic E-state index is 13.0. The summed E-state index contributed by atoms with van der Waals surface area (Å²) in [4.78, 5) is 26.3. The van der Waals surface area contributed by atoms with E-state index in [1.165, 1.54) is 36.4 Å². The highest BCUT2D eigenvalue weighted by atomic mass is 19.1. The monoisotopic (exact) mass is 274 g/mol. The van der Waals surface area contributed by atoms with Gasteiger partial charge in [-0.1, -0.05) is 18.2 Å². The van der Waals surface area contributed by atoms with Gasteiger partial charge in [0, 0.05) is 0 Å². The van der Waals surface area contributed by atoms with Crippen LogP contribution in [0, 0.1) is 5.82 Å². The number of nitrogens with zero attached hydrogens (tertiary/aromatic N) is 1. The van der Waals surface area contributed by atoms with Crippen molar-refractivity contribution in [2.75, 3.05) is 5.32 Å². The molecule has 1 heterocycles. The largest absolute Gasteiger partial charge is 0.477 e. The van der Waals surface area contributed by atoms with Crippen LogP contribution in [0.2, 0.25) is 0 Å². The fourth-order valence-corrected chi connectivity index (χ4v) is 1.64. The molecule has 0 bridgehead atoms. The maximum absolute atomic E-state index is 13.0. The molecule has 0 aliphatic carbocycles. The van der Waals surface area contributed by atoms with Crippen molar-refractivity contribution < 1.29 is 19.1 Å². The van der Waals surface area contributed by atoms with E-state index in [-0.39, 0.29) is 17.9 Å². The van der Waals surface area contributed by atoms with Crippen LogP contribution in [0.1, 0.15) is 16.1 Å². The van der Waals surface area contributed by atoms with Gasteiger partial charge in [0.25, 0.3) is 0 Å². The van der Waals surface area contributed by atoms with Gasteiger partial charge >= 0.3 is 5.97 Å². The number of carboxylic acids is 1. The molecular formula is C14H11FN2O3. The molecule has 6 heteroatoms. The summed E-state index contributed by atoms with van der Waals surface area (Å²) in [5.74, 6) is -1.84. The van der Waals surface area contributed by atoms with Crippen LogP contribution in [0.3, 0.4) is 0 Å². The lowest BCUT2D eigenvalue weighted by atomic mass is 10.1.